The molecule has 166 valence electrons. The lowest BCUT2D eigenvalue weighted by Crippen LogP contribution is -2.09. The van der Waals surface area contributed by atoms with Crippen LogP contribution in [-0.4, -0.2) is 11.9 Å². The number of unbranched alkanes of at least 4 members (excludes halogenated alkanes) is 2. The average Bonchev–Trinajstić information content (AvgIpc) is 2.81. The van der Waals surface area contributed by atoms with Gasteiger partial charge in [0.1, 0.15) is 11.5 Å². The second kappa shape index (κ2) is 11.8. The van der Waals surface area contributed by atoms with E-state index in [9.17, 15) is 9.59 Å². The van der Waals surface area contributed by atoms with Crippen molar-refractivity contribution in [2.24, 2.45) is 0 Å². The Hall–Kier alpha value is -3.40. The molecule has 0 atom stereocenters. The molecule has 4 nitrogen and oxygen atoms in total. The van der Waals surface area contributed by atoms with Crippen molar-refractivity contribution in [1.82, 2.24) is 0 Å². The molecule has 0 aliphatic heterocycles. The molecule has 0 fully saturated rings. The maximum atomic E-state index is 12.4. The zero-order chi connectivity index (χ0) is 22.8. The molecule has 0 amide bonds. The molecule has 4 heteroatoms. The van der Waals surface area contributed by atoms with Gasteiger partial charge in [-0.05, 0) is 78.9 Å². The minimum atomic E-state index is -0.420. The number of carbonyl (C=O) groups is 2. The van der Waals surface area contributed by atoms with Crippen LogP contribution in [0, 0.1) is 0 Å². The fourth-order valence-electron chi connectivity index (χ4n) is 3.39. The Morgan fingerprint density at radius 1 is 0.562 bits per heavy atom. The van der Waals surface area contributed by atoms with E-state index in [-0.39, 0.29) is 0 Å². The summed E-state index contributed by atoms with van der Waals surface area (Å²) in [6, 6.07) is 21.4. The van der Waals surface area contributed by atoms with E-state index in [4.69, 9.17) is 9.47 Å². The highest BCUT2D eigenvalue weighted by molar-refractivity contribution is 5.92. The maximum Gasteiger partial charge on any atom is 0.343 e. The second-order valence-corrected chi connectivity index (χ2v) is 7.85. The van der Waals surface area contributed by atoms with Crippen LogP contribution in [0.15, 0.2) is 72.8 Å². The first-order valence-corrected chi connectivity index (χ1v) is 11.3. The molecule has 0 radical (unpaired) electrons. The van der Waals surface area contributed by atoms with Gasteiger partial charge in [-0.25, -0.2) is 9.59 Å². The summed E-state index contributed by atoms with van der Waals surface area (Å²) in [5.74, 6) is -0.0477. The first kappa shape index (κ1) is 23.3. The van der Waals surface area contributed by atoms with Gasteiger partial charge < -0.3 is 9.47 Å². The van der Waals surface area contributed by atoms with E-state index in [1.165, 1.54) is 24.0 Å². The molecule has 0 saturated carbocycles. The van der Waals surface area contributed by atoms with Crippen LogP contribution in [0.25, 0.3) is 0 Å². The zero-order valence-corrected chi connectivity index (χ0v) is 18.8. The van der Waals surface area contributed by atoms with E-state index in [1.54, 1.807) is 48.5 Å². The third-order valence-electron chi connectivity index (χ3n) is 5.23. The number of aryl methyl sites for hydroxylation is 2. The lowest BCUT2D eigenvalue weighted by molar-refractivity contribution is 0.0719. The predicted molar refractivity (Wildman–Crippen MR) is 126 cm³/mol. The maximum absolute atomic E-state index is 12.4. The van der Waals surface area contributed by atoms with Gasteiger partial charge in [0, 0.05) is 0 Å². The van der Waals surface area contributed by atoms with Gasteiger partial charge >= 0.3 is 11.9 Å². The van der Waals surface area contributed by atoms with Crippen molar-refractivity contribution < 1.29 is 19.1 Å². The number of hydrogen-bond donors (Lipinski definition) is 0. The van der Waals surface area contributed by atoms with Crippen molar-refractivity contribution in [2.45, 2.75) is 52.4 Å². The molecule has 3 aromatic carbocycles. The minimum absolute atomic E-state index is 0.392. The Labute approximate surface area is 190 Å². The molecule has 0 saturated heterocycles. The molecule has 0 spiro atoms. The quantitative estimate of drug-likeness (QED) is 0.201. The van der Waals surface area contributed by atoms with Crippen LogP contribution in [0.3, 0.4) is 0 Å². The predicted octanol–water partition coefficient (Wildman–Crippen LogP) is 6.81. The Bertz CT molecular complexity index is 1000. The topological polar surface area (TPSA) is 52.6 Å². The molecule has 0 N–H and O–H groups in total. The Morgan fingerprint density at radius 3 is 1.41 bits per heavy atom. The Kier molecular flexibility index (Phi) is 8.61. The first-order chi connectivity index (χ1) is 15.6. The number of benzene rings is 3. The fraction of sp³-hybridized carbons (Fsp3) is 0.286. The van der Waals surface area contributed by atoms with Gasteiger partial charge in [0.2, 0.25) is 0 Å². The van der Waals surface area contributed by atoms with Gasteiger partial charge in [0.25, 0.3) is 0 Å². The summed E-state index contributed by atoms with van der Waals surface area (Å²) >= 11 is 0. The summed E-state index contributed by atoms with van der Waals surface area (Å²) in [6.07, 6.45) is 6.62. The van der Waals surface area contributed by atoms with E-state index in [1.807, 2.05) is 24.3 Å². The molecule has 3 aromatic rings. The Morgan fingerprint density at radius 2 is 1.00 bits per heavy atom. The van der Waals surface area contributed by atoms with E-state index < -0.39 is 11.9 Å². The summed E-state index contributed by atoms with van der Waals surface area (Å²) in [7, 11) is 0. The van der Waals surface area contributed by atoms with Crippen LogP contribution in [0.2, 0.25) is 0 Å². The van der Waals surface area contributed by atoms with Gasteiger partial charge in [0.15, 0.2) is 0 Å². The van der Waals surface area contributed by atoms with Crippen molar-refractivity contribution in [1.29, 1.82) is 0 Å². The normalized spacial score (nSPS) is 10.6. The highest BCUT2D eigenvalue weighted by Gasteiger charge is 2.11. The van der Waals surface area contributed by atoms with Crippen LogP contribution in [0.1, 0.15) is 71.4 Å². The highest BCUT2D eigenvalue weighted by Crippen LogP contribution is 2.20. The van der Waals surface area contributed by atoms with E-state index in [0.717, 1.165) is 25.7 Å². The minimum Gasteiger partial charge on any atom is -0.423 e. The highest BCUT2D eigenvalue weighted by atomic mass is 16.5. The van der Waals surface area contributed by atoms with Gasteiger partial charge in [-0.2, -0.15) is 0 Å². The summed E-state index contributed by atoms with van der Waals surface area (Å²) in [5, 5.41) is 0. The van der Waals surface area contributed by atoms with Crippen LogP contribution in [-0.2, 0) is 12.8 Å². The largest absolute Gasteiger partial charge is 0.423 e. The number of hydrogen-bond acceptors (Lipinski definition) is 4. The van der Waals surface area contributed by atoms with Gasteiger partial charge in [0.05, 0.1) is 11.1 Å². The van der Waals surface area contributed by atoms with E-state index in [2.05, 4.69) is 13.8 Å². The number of carbonyl (C=O) groups excluding carboxylic acids is 2. The third kappa shape index (κ3) is 6.81. The molecule has 0 unspecified atom stereocenters. The van der Waals surface area contributed by atoms with Crippen molar-refractivity contribution in [3.63, 3.8) is 0 Å². The van der Waals surface area contributed by atoms with Gasteiger partial charge in [-0.1, -0.05) is 57.4 Å². The SMILES string of the molecule is CCCCCc1ccc(C(=O)Oc2ccc(OC(=O)c3ccc(CCC)cc3)cc2)cc1. The summed E-state index contributed by atoms with van der Waals surface area (Å²) in [6.45, 7) is 4.30. The van der Waals surface area contributed by atoms with E-state index in [0.29, 0.717) is 22.6 Å². The Balaban J connectivity index is 1.53. The third-order valence-corrected chi connectivity index (χ3v) is 5.23. The van der Waals surface area contributed by atoms with E-state index >= 15 is 0 Å². The smallest absolute Gasteiger partial charge is 0.343 e. The lowest BCUT2D eigenvalue weighted by atomic mass is 10.1. The molecule has 0 bridgehead atoms. The molecule has 32 heavy (non-hydrogen) atoms. The molecule has 3 rings (SSSR count). The summed E-state index contributed by atoms with van der Waals surface area (Å²) in [4.78, 5) is 24.7. The molecule has 0 aliphatic rings. The van der Waals surface area contributed by atoms with Crippen LogP contribution in [0.5, 0.6) is 11.5 Å². The zero-order valence-electron chi connectivity index (χ0n) is 18.8. The first-order valence-electron chi connectivity index (χ1n) is 11.3. The van der Waals surface area contributed by atoms with Crippen molar-refractivity contribution in [3.8, 4) is 11.5 Å². The van der Waals surface area contributed by atoms with Crippen molar-refractivity contribution in [2.75, 3.05) is 0 Å². The fourth-order valence-corrected chi connectivity index (χ4v) is 3.39. The summed E-state index contributed by atoms with van der Waals surface area (Å²) < 4.78 is 10.9. The molecule has 0 aliphatic carbocycles. The summed E-state index contributed by atoms with van der Waals surface area (Å²) in [5.41, 5.74) is 3.42. The number of ether oxygens (including phenoxy) is 2. The van der Waals surface area contributed by atoms with Crippen molar-refractivity contribution >= 4 is 11.9 Å². The van der Waals surface area contributed by atoms with Crippen LogP contribution >= 0.6 is 0 Å². The van der Waals surface area contributed by atoms with Crippen molar-refractivity contribution in [3.05, 3.63) is 95.1 Å². The monoisotopic (exact) mass is 430 g/mol. The van der Waals surface area contributed by atoms with Gasteiger partial charge in [-0.3, -0.25) is 0 Å². The second-order valence-electron chi connectivity index (χ2n) is 7.85. The molecular weight excluding hydrogens is 400 g/mol. The molecule has 0 aromatic heterocycles. The van der Waals surface area contributed by atoms with Crippen LogP contribution < -0.4 is 9.47 Å². The van der Waals surface area contributed by atoms with Gasteiger partial charge in [-0.15, -0.1) is 0 Å². The lowest BCUT2D eigenvalue weighted by Gasteiger charge is -2.08. The average molecular weight is 431 g/mol. The number of rotatable bonds is 10. The molecular formula is C28H30O4. The van der Waals surface area contributed by atoms with Crippen LogP contribution in [0.4, 0.5) is 0 Å². The number of esters is 2. The standard InChI is InChI=1S/C28H30O4/c1-3-5-6-8-22-11-15-24(16-12-22)28(30)32-26-19-17-25(18-20-26)31-27(29)23-13-9-21(7-4-2)10-14-23/h9-20H,3-8H2,1-2H3. The molecule has 0 heterocycles.